The molecule has 8 heteroatoms. The lowest BCUT2D eigenvalue weighted by Crippen LogP contribution is -2.51. The molecule has 5 heterocycles. The largest absolute Gasteiger partial charge is 0.402 e. The molecule has 0 atom stereocenters. The van der Waals surface area contributed by atoms with E-state index in [9.17, 15) is 0 Å². The molecule has 210 valence electrons. The summed E-state index contributed by atoms with van der Waals surface area (Å²) in [6, 6.07) is 12.5. The number of benzene rings is 2. The maximum absolute atomic E-state index is 6.43. The first-order valence-electron chi connectivity index (χ1n) is 14.9. The number of nitrogens with zero attached hydrogens (tertiary/aromatic N) is 6. The molecule has 0 amide bonds. The van der Waals surface area contributed by atoms with Crippen LogP contribution in [0.25, 0.3) is 33.6 Å². The van der Waals surface area contributed by atoms with E-state index in [0.717, 1.165) is 77.4 Å². The lowest BCUT2D eigenvalue weighted by Gasteiger charge is -2.40. The number of rotatable bonds is 5. The van der Waals surface area contributed by atoms with Gasteiger partial charge in [0, 0.05) is 71.0 Å². The Morgan fingerprint density at radius 1 is 0.925 bits per heavy atom. The van der Waals surface area contributed by atoms with Crippen molar-refractivity contribution in [3.63, 3.8) is 0 Å². The number of aromatic nitrogens is 3. The fraction of sp³-hybridized carbons (Fsp3) is 0.500. The van der Waals surface area contributed by atoms with Gasteiger partial charge in [-0.3, -0.25) is 4.90 Å². The summed E-state index contributed by atoms with van der Waals surface area (Å²) in [7, 11) is 2.22. The zero-order chi connectivity index (χ0) is 27.4. The highest BCUT2D eigenvalue weighted by Crippen LogP contribution is 2.46. The van der Waals surface area contributed by atoms with Crippen LogP contribution in [0.1, 0.15) is 36.5 Å². The Labute approximate surface area is 236 Å². The standard InChI is InChI=1S/C32H40N6O2/c1-5-25-22(3)29-30-26(28(25)23-8-6-21(2)7-9-23)20-27(38(30)17-12-35(29)4)31-33-34-32(40-31)37-15-13-36(14-16-37)24-10-18-39-19-11-24/h6-9,20,24H,5,10-19H2,1-4H3. The van der Waals surface area contributed by atoms with Crippen molar-refractivity contribution in [3.05, 3.63) is 47.0 Å². The van der Waals surface area contributed by atoms with Crippen LogP contribution in [0.4, 0.5) is 11.7 Å². The van der Waals surface area contributed by atoms with Crippen molar-refractivity contribution >= 4 is 22.6 Å². The molecule has 2 fully saturated rings. The molecule has 3 aliphatic heterocycles. The van der Waals surface area contributed by atoms with E-state index in [1.165, 1.54) is 44.4 Å². The van der Waals surface area contributed by atoms with Crippen LogP contribution in [-0.2, 0) is 17.7 Å². The van der Waals surface area contributed by atoms with Gasteiger partial charge in [-0.15, -0.1) is 5.10 Å². The Morgan fingerprint density at radius 3 is 2.40 bits per heavy atom. The number of piperazine rings is 1. The van der Waals surface area contributed by atoms with Crippen LogP contribution in [0.5, 0.6) is 0 Å². The number of aryl methyl sites for hydroxylation is 1. The van der Waals surface area contributed by atoms with Gasteiger partial charge in [-0.2, -0.15) is 0 Å². The van der Waals surface area contributed by atoms with Crippen molar-refractivity contribution in [2.75, 3.05) is 62.8 Å². The van der Waals surface area contributed by atoms with Gasteiger partial charge in [0.25, 0.3) is 5.89 Å². The minimum Gasteiger partial charge on any atom is -0.402 e. The average Bonchev–Trinajstić information content (AvgIpc) is 3.62. The van der Waals surface area contributed by atoms with Gasteiger partial charge in [-0.1, -0.05) is 41.9 Å². The second-order valence-electron chi connectivity index (χ2n) is 11.7. The predicted molar refractivity (Wildman–Crippen MR) is 160 cm³/mol. The van der Waals surface area contributed by atoms with E-state index in [1.807, 2.05) is 0 Å². The van der Waals surface area contributed by atoms with Crippen molar-refractivity contribution in [2.24, 2.45) is 0 Å². The second-order valence-corrected chi connectivity index (χ2v) is 11.7. The molecule has 40 heavy (non-hydrogen) atoms. The van der Waals surface area contributed by atoms with Gasteiger partial charge in [0.15, 0.2) is 0 Å². The molecule has 0 saturated carbocycles. The molecule has 2 aromatic heterocycles. The monoisotopic (exact) mass is 540 g/mol. The fourth-order valence-electron chi connectivity index (χ4n) is 7.17. The van der Waals surface area contributed by atoms with Crippen LogP contribution in [0.3, 0.4) is 0 Å². The average molecular weight is 541 g/mol. The molecule has 7 rings (SSSR count). The Balaban J connectivity index is 1.26. The topological polar surface area (TPSA) is 62.8 Å². The SMILES string of the molecule is CCc1c(C)c2c3c(cc(-c4nnc(N5CCN(C6CCOCC6)CC5)o4)n3CCN2C)c1-c1ccc(C)cc1. The van der Waals surface area contributed by atoms with Crippen LogP contribution in [0.15, 0.2) is 34.7 Å². The first-order valence-corrected chi connectivity index (χ1v) is 14.9. The Bertz CT molecular complexity index is 1520. The minimum atomic E-state index is 0.610. The van der Waals surface area contributed by atoms with Gasteiger partial charge in [-0.25, -0.2) is 0 Å². The molecule has 2 saturated heterocycles. The third-order valence-electron chi connectivity index (χ3n) is 9.36. The van der Waals surface area contributed by atoms with Gasteiger partial charge < -0.3 is 23.5 Å². The van der Waals surface area contributed by atoms with Crippen molar-refractivity contribution < 1.29 is 9.15 Å². The van der Waals surface area contributed by atoms with Gasteiger partial charge in [-0.05, 0) is 61.4 Å². The smallest absolute Gasteiger partial charge is 0.318 e. The highest BCUT2D eigenvalue weighted by atomic mass is 16.5. The van der Waals surface area contributed by atoms with Gasteiger partial charge in [0.2, 0.25) is 0 Å². The summed E-state index contributed by atoms with van der Waals surface area (Å²) < 4.78 is 14.4. The summed E-state index contributed by atoms with van der Waals surface area (Å²) in [5, 5.41) is 10.4. The summed E-state index contributed by atoms with van der Waals surface area (Å²) in [6.45, 7) is 14.2. The first kappa shape index (κ1) is 25.6. The van der Waals surface area contributed by atoms with E-state index >= 15 is 0 Å². The highest BCUT2D eigenvalue weighted by Gasteiger charge is 2.31. The fourth-order valence-corrected chi connectivity index (χ4v) is 7.17. The minimum absolute atomic E-state index is 0.610. The second kappa shape index (κ2) is 10.2. The van der Waals surface area contributed by atoms with E-state index in [0.29, 0.717) is 17.9 Å². The van der Waals surface area contributed by atoms with Gasteiger partial charge in [0.1, 0.15) is 5.69 Å². The van der Waals surface area contributed by atoms with Gasteiger partial charge in [0.05, 0.1) is 11.2 Å². The maximum Gasteiger partial charge on any atom is 0.318 e. The molecule has 3 aliphatic rings. The molecule has 8 nitrogen and oxygen atoms in total. The zero-order valence-corrected chi connectivity index (χ0v) is 24.2. The number of anilines is 2. The summed E-state index contributed by atoms with van der Waals surface area (Å²) in [6.07, 6.45) is 3.25. The van der Waals surface area contributed by atoms with Crippen molar-refractivity contribution in [1.29, 1.82) is 0 Å². The molecular weight excluding hydrogens is 500 g/mol. The number of likely N-dealkylation sites (N-methyl/N-ethyl adjacent to an activating group) is 1. The normalized spacial score (nSPS) is 18.7. The Kier molecular flexibility index (Phi) is 6.55. The van der Waals surface area contributed by atoms with Crippen LogP contribution in [-0.4, -0.2) is 78.7 Å². The Morgan fingerprint density at radius 2 is 1.68 bits per heavy atom. The highest BCUT2D eigenvalue weighted by molar-refractivity contribution is 6.08. The molecule has 4 aromatic rings. The van der Waals surface area contributed by atoms with E-state index in [1.54, 1.807) is 0 Å². The van der Waals surface area contributed by atoms with Crippen LogP contribution >= 0.6 is 0 Å². The molecule has 0 bridgehead atoms. The first-order chi connectivity index (χ1) is 19.5. The molecule has 0 spiro atoms. The van der Waals surface area contributed by atoms with Crippen molar-refractivity contribution in [3.8, 4) is 22.7 Å². The number of ether oxygens (including phenoxy) is 1. The maximum atomic E-state index is 6.43. The molecule has 0 unspecified atom stereocenters. The summed E-state index contributed by atoms with van der Waals surface area (Å²) in [5.41, 5.74) is 10.3. The lowest BCUT2D eigenvalue weighted by atomic mass is 9.89. The van der Waals surface area contributed by atoms with Crippen LogP contribution < -0.4 is 9.80 Å². The van der Waals surface area contributed by atoms with Crippen LogP contribution in [0.2, 0.25) is 0 Å². The third-order valence-corrected chi connectivity index (χ3v) is 9.36. The van der Waals surface area contributed by atoms with E-state index < -0.39 is 0 Å². The molecule has 0 N–H and O–H groups in total. The van der Waals surface area contributed by atoms with E-state index in [4.69, 9.17) is 9.15 Å². The zero-order valence-electron chi connectivity index (χ0n) is 24.2. The molecule has 0 aliphatic carbocycles. The molecular formula is C32H40N6O2. The third kappa shape index (κ3) is 4.20. The van der Waals surface area contributed by atoms with E-state index in [-0.39, 0.29) is 0 Å². The van der Waals surface area contributed by atoms with Crippen LogP contribution in [0, 0.1) is 13.8 Å². The lowest BCUT2D eigenvalue weighted by molar-refractivity contribution is 0.0318. The quantitative estimate of drug-likeness (QED) is 0.341. The molecule has 2 aromatic carbocycles. The summed E-state index contributed by atoms with van der Waals surface area (Å²) in [5.74, 6) is 0.610. The van der Waals surface area contributed by atoms with E-state index in [2.05, 4.69) is 87.6 Å². The number of hydrogen-bond acceptors (Lipinski definition) is 7. The number of hydrogen-bond donors (Lipinski definition) is 0. The summed E-state index contributed by atoms with van der Waals surface area (Å²) in [4.78, 5) is 7.27. The predicted octanol–water partition coefficient (Wildman–Crippen LogP) is 5.29. The molecule has 0 radical (unpaired) electrons. The Hall–Kier alpha value is -3.36. The van der Waals surface area contributed by atoms with Crippen molar-refractivity contribution in [2.45, 2.75) is 52.6 Å². The van der Waals surface area contributed by atoms with Gasteiger partial charge >= 0.3 is 6.01 Å². The van der Waals surface area contributed by atoms with Crippen molar-refractivity contribution in [1.82, 2.24) is 19.7 Å². The summed E-state index contributed by atoms with van der Waals surface area (Å²) >= 11 is 0.